The molecule has 10 heteroatoms. The lowest BCUT2D eigenvalue weighted by atomic mass is 10.1. The van der Waals surface area contributed by atoms with Gasteiger partial charge in [0.05, 0.1) is 43.3 Å². The van der Waals surface area contributed by atoms with Gasteiger partial charge in [0.2, 0.25) is 0 Å². The molecule has 0 aliphatic carbocycles. The van der Waals surface area contributed by atoms with Crippen LogP contribution in [0.15, 0.2) is 79.5 Å². The smallest absolute Gasteiger partial charge is 0.338 e. The fraction of sp³-hybridized carbons (Fsp3) is 0.143. The number of nitrogens with zero attached hydrogens (tertiary/aromatic N) is 3. The predicted octanol–water partition coefficient (Wildman–Crippen LogP) is 7.07. The molecule has 0 bridgehead atoms. The van der Waals surface area contributed by atoms with Gasteiger partial charge in [0.15, 0.2) is 5.17 Å². The van der Waals surface area contributed by atoms with Crippen LogP contribution in [0.3, 0.4) is 0 Å². The molecule has 1 aliphatic heterocycles. The second kappa shape index (κ2) is 12.4. The highest BCUT2D eigenvalue weighted by Crippen LogP contribution is 2.38. The molecule has 1 fully saturated rings. The highest BCUT2D eigenvalue weighted by molar-refractivity contribution is 9.11. The van der Waals surface area contributed by atoms with Gasteiger partial charge in [0.1, 0.15) is 12.4 Å². The summed E-state index contributed by atoms with van der Waals surface area (Å²) in [6, 6.07) is 19.9. The van der Waals surface area contributed by atoms with Gasteiger partial charge in [-0.25, -0.2) is 9.79 Å². The summed E-state index contributed by atoms with van der Waals surface area (Å²) in [5, 5.41) is 9.83. The van der Waals surface area contributed by atoms with E-state index in [-0.39, 0.29) is 18.5 Å². The molecule has 3 aromatic carbocycles. The van der Waals surface area contributed by atoms with Crippen LogP contribution in [-0.4, -0.2) is 35.6 Å². The zero-order valence-electron chi connectivity index (χ0n) is 20.4. The standard InChI is InChI=1S/C28H21Br2N3O4S/c1-3-36-27(35)18-8-10-21(11-9-18)32-28-33(2)26(34)24(38-28)14-17-12-22(29)25(23(30)13-17)37-16-20-7-5-4-6-19(20)15-31/h4-14H,3,16H2,1-2H3/b24-14-,32-28?. The van der Waals surface area contributed by atoms with Crippen molar-refractivity contribution in [3.05, 3.63) is 96.8 Å². The fourth-order valence-corrected chi connectivity index (χ4v) is 5.94. The Morgan fingerprint density at radius 1 is 1.13 bits per heavy atom. The van der Waals surface area contributed by atoms with Gasteiger partial charge in [-0.05, 0) is 105 Å². The fourth-order valence-electron chi connectivity index (χ4n) is 3.51. The number of benzene rings is 3. The van der Waals surface area contributed by atoms with Gasteiger partial charge in [0, 0.05) is 12.6 Å². The minimum atomic E-state index is -0.389. The third-order valence-electron chi connectivity index (χ3n) is 5.43. The van der Waals surface area contributed by atoms with Gasteiger partial charge in [-0.3, -0.25) is 9.69 Å². The summed E-state index contributed by atoms with van der Waals surface area (Å²) in [6.07, 6.45) is 1.79. The molecule has 0 aromatic heterocycles. The maximum atomic E-state index is 12.9. The molecule has 0 spiro atoms. The highest BCUT2D eigenvalue weighted by Gasteiger charge is 2.30. The van der Waals surface area contributed by atoms with Crippen LogP contribution in [0.2, 0.25) is 0 Å². The molecular weight excluding hydrogens is 634 g/mol. The molecular formula is C28H21Br2N3O4S. The number of amides is 1. The van der Waals surface area contributed by atoms with E-state index in [9.17, 15) is 14.9 Å². The van der Waals surface area contributed by atoms with Crippen LogP contribution in [0.5, 0.6) is 5.75 Å². The van der Waals surface area contributed by atoms with E-state index >= 15 is 0 Å². The van der Waals surface area contributed by atoms with Crippen LogP contribution < -0.4 is 4.74 Å². The first-order chi connectivity index (χ1) is 18.3. The summed E-state index contributed by atoms with van der Waals surface area (Å²) in [4.78, 5) is 31.3. The van der Waals surface area contributed by atoms with Crippen molar-refractivity contribution in [2.75, 3.05) is 13.7 Å². The van der Waals surface area contributed by atoms with Crippen molar-refractivity contribution in [3.63, 3.8) is 0 Å². The quantitative estimate of drug-likeness (QED) is 0.200. The van der Waals surface area contributed by atoms with Crippen LogP contribution in [-0.2, 0) is 16.1 Å². The largest absolute Gasteiger partial charge is 0.486 e. The van der Waals surface area contributed by atoms with E-state index in [0.29, 0.717) is 48.2 Å². The average Bonchev–Trinajstić information content (AvgIpc) is 3.16. The first kappa shape index (κ1) is 27.6. The van der Waals surface area contributed by atoms with Crippen molar-refractivity contribution >= 4 is 72.4 Å². The lowest BCUT2D eigenvalue weighted by Crippen LogP contribution is -2.23. The Bertz CT molecular complexity index is 1470. The monoisotopic (exact) mass is 653 g/mol. The molecule has 4 rings (SSSR count). The van der Waals surface area contributed by atoms with Crippen LogP contribution in [0.25, 0.3) is 6.08 Å². The molecule has 0 saturated carbocycles. The summed E-state index contributed by atoms with van der Waals surface area (Å²) < 4.78 is 12.4. The lowest BCUT2D eigenvalue weighted by Gasteiger charge is -2.12. The predicted molar refractivity (Wildman–Crippen MR) is 155 cm³/mol. The number of carbonyl (C=O) groups excluding carboxylic acids is 2. The first-order valence-electron chi connectivity index (χ1n) is 11.4. The number of ether oxygens (including phenoxy) is 2. The van der Waals surface area contributed by atoms with Gasteiger partial charge in [-0.1, -0.05) is 18.2 Å². The number of hydrogen-bond donors (Lipinski definition) is 0. The second-order valence-corrected chi connectivity index (χ2v) is 10.7. The van der Waals surface area contributed by atoms with E-state index < -0.39 is 0 Å². The Kier molecular flexibility index (Phi) is 9.05. The normalized spacial score (nSPS) is 15.1. The molecule has 0 N–H and O–H groups in total. The summed E-state index contributed by atoms with van der Waals surface area (Å²) in [5.41, 5.74) is 3.20. The maximum Gasteiger partial charge on any atom is 0.338 e. The van der Waals surface area contributed by atoms with Crippen molar-refractivity contribution in [1.82, 2.24) is 4.90 Å². The molecule has 38 heavy (non-hydrogen) atoms. The van der Waals surface area contributed by atoms with E-state index in [1.54, 1.807) is 50.4 Å². The molecule has 0 atom stereocenters. The number of esters is 1. The lowest BCUT2D eigenvalue weighted by molar-refractivity contribution is -0.121. The topological polar surface area (TPSA) is 92.0 Å². The number of nitriles is 1. The number of likely N-dealkylation sites (N-methyl/N-ethyl adjacent to an activating group) is 1. The zero-order chi connectivity index (χ0) is 27.2. The summed E-state index contributed by atoms with van der Waals surface area (Å²) in [5.74, 6) is 0.0358. The Morgan fingerprint density at radius 3 is 2.47 bits per heavy atom. The summed E-state index contributed by atoms with van der Waals surface area (Å²) >= 11 is 8.38. The number of carbonyl (C=O) groups is 2. The number of aliphatic imine (C=N–C) groups is 1. The minimum Gasteiger partial charge on any atom is -0.486 e. The van der Waals surface area contributed by atoms with E-state index in [0.717, 1.165) is 11.1 Å². The van der Waals surface area contributed by atoms with Crippen molar-refractivity contribution in [2.24, 2.45) is 4.99 Å². The average molecular weight is 655 g/mol. The molecule has 1 aliphatic rings. The van der Waals surface area contributed by atoms with Crippen LogP contribution in [0, 0.1) is 11.3 Å². The number of thioether (sulfide) groups is 1. The summed E-state index contributed by atoms with van der Waals surface area (Å²) in [6.45, 7) is 2.30. The Labute approximate surface area is 241 Å². The Morgan fingerprint density at radius 2 is 1.82 bits per heavy atom. The SMILES string of the molecule is CCOC(=O)c1ccc(N=C2S/C(=C\c3cc(Br)c(OCc4ccccc4C#N)c(Br)c3)C(=O)N2C)cc1. The highest BCUT2D eigenvalue weighted by atomic mass is 79.9. The van der Waals surface area contributed by atoms with Crippen LogP contribution in [0.1, 0.15) is 34.0 Å². The van der Waals surface area contributed by atoms with Crippen molar-refractivity contribution in [2.45, 2.75) is 13.5 Å². The molecule has 0 radical (unpaired) electrons. The second-order valence-electron chi connectivity index (χ2n) is 8.01. The number of halogens is 2. The number of amidine groups is 1. The Hall–Kier alpha value is -3.39. The van der Waals surface area contributed by atoms with Gasteiger partial charge < -0.3 is 9.47 Å². The van der Waals surface area contributed by atoms with Gasteiger partial charge in [-0.2, -0.15) is 5.26 Å². The van der Waals surface area contributed by atoms with E-state index in [1.165, 1.54) is 16.7 Å². The third-order valence-corrected chi connectivity index (χ3v) is 7.67. The maximum absolute atomic E-state index is 12.9. The minimum absolute atomic E-state index is 0.169. The molecule has 1 heterocycles. The van der Waals surface area contributed by atoms with Crippen molar-refractivity contribution in [1.29, 1.82) is 5.26 Å². The number of rotatable bonds is 7. The molecule has 0 unspecified atom stereocenters. The van der Waals surface area contributed by atoms with Gasteiger partial charge >= 0.3 is 5.97 Å². The molecule has 192 valence electrons. The molecule has 7 nitrogen and oxygen atoms in total. The molecule has 3 aromatic rings. The third kappa shape index (κ3) is 6.35. The van der Waals surface area contributed by atoms with Crippen LogP contribution >= 0.6 is 43.6 Å². The number of hydrogen-bond acceptors (Lipinski definition) is 7. The van der Waals surface area contributed by atoms with Gasteiger partial charge in [-0.15, -0.1) is 0 Å². The molecule has 1 amide bonds. The van der Waals surface area contributed by atoms with E-state index in [1.807, 2.05) is 30.3 Å². The molecule has 1 saturated heterocycles. The van der Waals surface area contributed by atoms with Gasteiger partial charge in [0.25, 0.3) is 5.91 Å². The first-order valence-corrected chi connectivity index (χ1v) is 13.8. The zero-order valence-corrected chi connectivity index (χ0v) is 24.4. The summed E-state index contributed by atoms with van der Waals surface area (Å²) in [7, 11) is 1.67. The Balaban J connectivity index is 1.51. The van der Waals surface area contributed by atoms with Crippen LogP contribution in [0.4, 0.5) is 5.69 Å². The van der Waals surface area contributed by atoms with E-state index in [4.69, 9.17) is 9.47 Å². The van der Waals surface area contributed by atoms with Crippen molar-refractivity contribution in [3.8, 4) is 11.8 Å². The van der Waals surface area contributed by atoms with Crippen molar-refractivity contribution < 1.29 is 19.1 Å². The van der Waals surface area contributed by atoms with E-state index in [2.05, 4.69) is 42.9 Å².